The number of fused-ring (bicyclic) bond motifs is 1. The largest absolute Gasteiger partial charge is 0.490 e. The Morgan fingerprint density at radius 1 is 1.44 bits per heavy atom. The van der Waals surface area contributed by atoms with Gasteiger partial charge in [0.2, 0.25) is 5.91 Å². The minimum Gasteiger partial charge on any atom is -0.490 e. The Labute approximate surface area is 116 Å². The van der Waals surface area contributed by atoms with E-state index in [4.69, 9.17) is 4.74 Å². The van der Waals surface area contributed by atoms with E-state index in [0.717, 1.165) is 22.3 Å². The van der Waals surface area contributed by atoms with Crippen LogP contribution in [-0.4, -0.2) is 19.1 Å². The van der Waals surface area contributed by atoms with Gasteiger partial charge in [-0.3, -0.25) is 4.79 Å². The first-order valence-electron chi connectivity index (χ1n) is 6.13. The Balaban J connectivity index is 2.50. The number of hydrogen-bond donors (Lipinski definition) is 0. The summed E-state index contributed by atoms with van der Waals surface area (Å²) in [5, 5.41) is 0.785. The van der Waals surface area contributed by atoms with Gasteiger partial charge in [-0.05, 0) is 38.5 Å². The molecule has 0 N–H and O–H groups in total. The van der Waals surface area contributed by atoms with Crippen LogP contribution in [-0.2, 0) is 10.1 Å². The first-order valence-corrected chi connectivity index (χ1v) is 7.25. The number of rotatable bonds is 2. The Hall–Kier alpha value is -1.03. The first-order chi connectivity index (χ1) is 8.49. The van der Waals surface area contributed by atoms with E-state index in [1.165, 1.54) is 0 Å². The molecule has 0 atom stereocenters. The van der Waals surface area contributed by atoms with Crippen LogP contribution < -0.4 is 9.64 Å². The van der Waals surface area contributed by atoms with Crippen molar-refractivity contribution in [1.82, 2.24) is 0 Å². The van der Waals surface area contributed by atoms with Crippen molar-refractivity contribution >= 4 is 27.5 Å². The lowest BCUT2D eigenvalue weighted by Crippen LogP contribution is -2.42. The molecule has 1 aliphatic heterocycles. The van der Waals surface area contributed by atoms with Crippen LogP contribution in [0.3, 0.4) is 0 Å². The van der Waals surface area contributed by atoms with Crippen LogP contribution in [0.25, 0.3) is 0 Å². The van der Waals surface area contributed by atoms with Gasteiger partial charge in [0.15, 0.2) is 0 Å². The maximum atomic E-state index is 12.5. The van der Waals surface area contributed by atoms with E-state index < -0.39 is 5.41 Å². The molecule has 1 aromatic carbocycles. The van der Waals surface area contributed by atoms with E-state index in [2.05, 4.69) is 15.9 Å². The summed E-state index contributed by atoms with van der Waals surface area (Å²) in [4.78, 5) is 14.3. The van der Waals surface area contributed by atoms with Crippen LogP contribution >= 0.6 is 15.9 Å². The number of halogens is 1. The highest BCUT2D eigenvalue weighted by Crippen LogP contribution is 2.37. The molecule has 3 nitrogen and oxygen atoms in total. The molecular formula is C14H18BrNO2. The van der Waals surface area contributed by atoms with Gasteiger partial charge >= 0.3 is 0 Å². The molecule has 1 amide bonds. The molecule has 1 heterocycles. The molecule has 98 valence electrons. The third kappa shape index (κ3) is 2.26. The fourth-order valence-corrected chi connectivity index (χ4v) is 2.44. The number of carbonyl (C=O) groups is 1. The first kappa shape index (κ1) is 13.4. The number of alkyl halides is 1. The average molecular weight is 312 g/mol. The van der Waals surface area contributed by atoms with E-state index >= 15 is 0 Å². The number of amides is 1. The molecular weight excluding hydrogens is 294 g/mol. The number of hydrogen-bond acceptors (Lipinski definition) is 2. The normalized spacial score (nSPS) is 18.0. The summed E-state index contributed by atoms with van der Waals surface area (Å²) in [5.74, 6) is 0.920. The van der Waals surface area contributed by atoms with Gasteiger partial charge in [0.25, 0.3) is 0 Å². The average Bonchev–Trinajstić information content (AvgIpc) is 2.46. The summed E-state index contributed by atoms with van der Waals surface area (Å²) in [5.41, 5.74) is 1.54. The van der Waals surface area contributed by atoms with Crippen molar-refractivity contribution in [2.75, 3.05) is 18.1 Å². The second-order valence-electron chi connectivity index (χ2n) is 5.16. The smallest absolute Gasteiger partial charge is 0.236 e. The molecule has 4 heteroatoms. The fraction of sp³-hybridized carbons (Fsp3) is 0.500. The van der Waals surface area contributed by atoms with Crippen LogP contribution in [0.2, 0.25) is 0 Å². The van der Waals surface area contributed by atoms with Gasteiger partial charge in [-0.2, -0.15) is 0 Å². The van der Waals surface area contributed by atoms with E-state index in [1.54, 1.807) is 4.90 Å². The summed E-state index contributed by atoms with van der Waals surface area (Å²) in [6.07, 6.45) is 0. The minimum absolute atomic E-state index is 0.121. The maximum Gasteiger partial charge on any atom is 0.236 e. The van der Waals surface area contributed by atoms with Crippen LogP contribution in [0.5, 0.6) is 5.75 Å². The van der Waals surface area contributed by atoms with Crippen molar-refractivity contribution in [3.05, 3.63) is 23.8 Å². The number of benzene rings is 1. The van der Waals surface area contributed by atoms with Crippen molar-refractivity contribution in [3.63, 3.8) is 0 Å². The Bertz CT molecular complexity index is 471. The van der Waals surface area contributed by atoms with Crippen molar-refractivity contribution in [3.8, 4) is 5.75 Å². The molecule has 0 radical (unpaired) electrons. The molecule has 0 bridgehead atoms. The van der Waals surface area contributed by atoms with E-state index in [-0.39, 0.29) is 5.91 Å². The summed E-state index contributed by atoms with van der Waals surface area (Å²) in [7, 11) is 0. The van der Waals surface area contributed by atoms with Crippen molar-refractivity contribution < 1.29 is 9.53 Å². The lowest BCUT2D eigenvalue weighted by atomic mass is 9.93. The molecule has 18 heavy (non-hydrogen) atoms. The van der Waals surface area contributed by atoms with Crippen molar-refractivity contribution in [2.45, 2.75) is 26.1 Å². The molecule has 0 spiro atoms. The lowest BCUT2D eigenvalue weighted by Gasteiger charge is -2.26. The molecule has 2 rings (SSSR count). The lowest BCUT2D eigenvalue weighted by molar-refractivity contribution is -0.127. The Kier molecular flexibility index (Phi) is 3.66. The molecule has 0 aliphatic carbocycles. The Morgan fingerprint density at radius 2 is 2.17 bits per heavy atom. The van der Waals surface area contributed by atoms with Crippen LogP contribution in [0.1, 0.15) is 26.3 Å². The zero-order valence-electron chi connectivity index (χ0n) is 11.0. The second kappa shape index (κ2) is 4.92. The van der Waals surface area contributed by atoms with Gasteiger partial charge in [-0.1, -0.05) is 22.0 Å². The summed E-state index contributed by atoms with van der Waals surface area (Å²) in [6.45, 7) is 6.92. The Morgan fingerprint density at radius 3 is 2.78 bits per heavy atom. The monoisotopic (exact) mass is 311 g/mol. The molecule has 0 saturated heterocycles. The molecule has 1 aromatic rings. The SMILES string of the molecule is CCN1C(=O)C(C)(C)COc2cc(CBr)ccc21. The van der Waals surface area contributed by atoms with Gasteiger partial charge in [0, 0.05) is 11.9 Å². The zero-order chi connectivity index (χ0) is 13.3. The third-order valence-corrected chi connectivity index (χ3v) is 3.85. The molecule has 0 aromatic heterocycles. The minimum atomic E-state index is -0.483. The summed E-state index contributed by atoms with van der Waals surface area (Å²) >= 11 is 3.44. The van der Waals surface area contributed by atoms with Gasteiger partial charge in [0.05, 0.1) is 11.1 Å². The van der Waals surface area contributed by atoms with Gasteiger partial charge < -0.3 is 9.64 Å². The third-order valence-electron chi connectivity index (χ3n) is 3.20. The predicted molar refractivity (Wildman–Crippen MR) is 76.4 cm³/mol. The van der Waals surface area contributed by atoms with Crippen LogP contribution in [0, 0.1) is 5.41 Å². The van der Waals surface area contributed by atoms with E-state index in [1.807, 2.05) is 39.0 Å². The van der Waals surface area contributed by atoms with Gasteiger partial charge in [0.1, 0.15) is 12.4 Å². The molecule has 1 aliphatic rings. The highest BCUT2D eigenvalue weighted by atomic mass is 79.9. The van der Waals surface area contributed by atoms with E-state index in [0.29, 0.717) is 13.2 Å². The predicted octanol–water partition coefficient (Wildman–Crippen LogP) is 3.35. The topological polar surface area (TPSA) is 29.5 Å². The van der Waals surface area contributed by atoms with Crippen molar-refractivity contribution in [1.29, 1.82) is 0 Å². The molecule has 0 unspecified atom stereocenters. The quantitative estimate of drug-likeness (QED) is 0.784. The van der Waals surface area contributed by atoms with Crippen molar-refractivity contribution in [2.24, 2.45) is 5.41 Å². The highest BCUT2D eigenvalue weighted by molar-refractivity contribution is 9.08. The number of nitrogens with zero attached hydrogens (tertiary/aromatic N) is 1. The van der Waals surface area contributed by atoms with Gasteiger partial charge in [-0.15, -0.1) is 0 Å². The zero-order valence-corrected chi connectivity index (χ0v) is 12.6. The van der Waals surface area contributed by atoms with Crippen LogP contribution in [0.15, 0.2) is 18.2 Å². The molecule has 0 saturated carbocycles. The summed E-state index contributed by atoms with van der Waals surface area (Å²) in [6, 6.07) is 5.99. The number of ether oxygens (including phenoxy) is 1. The van der Waals surface area contributed by atoms with Gasteiger partial charge in [-0.25, -0.2) is 0 Å². The number of anilines is 1. The maximum absolute atomic E-state index is 12.5. The number of carbonyl (C=O) groups excluding carboxylic acids is 1. The second-order valence-corrected chi connectivity index (χ2v) is 5.72. The standard InChI is InChI=1S/C14H18BrNO2/c1-4-16-11-6-5-10(8-15)7-12(11)18-9-14(2,3)13(16)17/h5-7H,4,8-9H2,1-3H3. The molecule has 0 fully saturated rings. The highest BCUT2D eigenvalue weighted by Gasteiger charge is 2.36. The summed E-state index contributed by atoms with van der Waals surface area (Å²) < 4.78 is 5.83. The fourth-order valence-electron chi connectivity index (χ4n) is 2.09. The van der Waals surface area contributed by atoms with E-state index in [9.17, 15) is 4.79 Å². The van der Waals surface area contributed by atoms with Crippen LogP contribution in [0.4, 0.5) is 5.69 Å².